The highest BCUT2D eigenvalue weighted by atomic mass is 32.2. The first-order chi connectivity index (χ1) is 13.5. The number of aryl methyl sites for hydroxylation is 1. The van der Waals surface area contributed by atoms with Crippen molar-refractivity contribution in [3.63, 3.8) is 0 Å². The first-order valence-electron chi connectivity index (χ1n) is 9.89. The average Bonchev–Trinajstić information content (AvgIpc) is 3.13. The van der Waals surface area contributed by atoms with E-state index in [2.05, 4.69) is 10.0 Å². The fourth-order valence-electron chi connectivity index (χ4n) is 3.16. The van der Waals surface area contributed by atoms with Gasteiger partial charge in [0.2, 0.25) is 0 Å². The largest absolute Gasteiger partial charge is 0.351 e. The Balaban J connectivity index is 0.00000109. The van der Waals surface area contributed by atoms with Crippen molar-refractivity contribution in [3.8, 4) is 0 Å². The number of hydrogen-bond donors (Lipinski definition) is 2. The van der Waals surface area contributed by atoms with Crippen molar-refractivity contribution in [2.45, 2.75) is 63.8 Å². The number of hydrogen-bond acceptors (Lipinski definition) is 5. The molecular weight excluding hydrogens is 393 g/mol. The van der Waals surface area contributed by atoms with Crippen molar-refractivity contribution < 1.29 is 4.39 Å². The van der Waals surface area contributed by atoms with Gasteiger partial charge in [0.05, 0.1) is 17.1 Å². The van der Waals surface area contributed by atoms with Crippen LogP contribution in [0.2, 0.25) is 0 Å². The number of fused-ring (bicyclic) bond motifs is 1. The van der Waals surface area contributed by atoms with Gasteiger partial charge in [0.1, 0.15) is 10.8 Å². The number of anilines is 3. The lowest BCUT2D eigenvalue weighted by Crippen LogP contribution is -2.24. The number of thioether (sulfide) groups is 1. The number of nitrogens with zero attached hydrogens (tertiary/aromatic N) is 1. The van der Waals surface area contributed by atoms with Gasteiger partial charge in [-0.05, 0) is 56.3 Å². The molecule has 152 valence electrons. The molecular formula is C21H28FN3OS2. The van der Waals surface area contributed by atoms with E-state index in [0.717, 1.165) is 28.6 Å². The molecule has 0 unspecified atom stereocenters. The monoisotopic (exact) mass is 421 g/mol. The van der Waals surface area contributed by atoms with Crippen LogP contribution in [-0.2, 0) is 6.54 Å². The molecule has 2 N–H and O–H groups in total. The number of halogens is 1. The van der Waals surface area contributed by atoms with Crippen molar-refractivity contribution in [3.05, 3.63) is 45.5 Å². The van der Waals surface area contributed by atoms with E-state index in [1.165, 1.54) is 25.3 Å². The quantitative estimate of drug-likeness (QED) is 0.572. The molecule has 4 rings (SSSR count). The van der Waals surface area contributed by atoms with E-state index in [4.69, 9.17) is 0 Å². The van der Waals surface area contributed by atoms with Crippen LogP contribution in [0.25, 0.3) is 0 Å². The molecule has 0 saturated heterocycles. The first-order valence-corrected chi connectivity index (χ1v) is 11.8. The van der Waals surface area contributed by atoms with E-state index < -0.39 is 0 Å². The molecule has 2 heterocycles. The smallest absolute Gasteiger partial charge is 0.256 e. The van der Waals surface area contributed by atoms with E-state index >= 15 is 0 Å². The Bertz CT molecular complexity index is 909. The molecule has 0 spiro atoms. The Hall–Kier alpha value is -1.60. The van der Waals surface area contributed by atoms with Crippen LogP contribution in [0.4, 0.5) is 21.5 Å². The van der Waals surface area contributed by atoms with Gasteiger partial charge in [-0.3, -0.25) is 4.79 Å². The second kappa shape index (κ2) is 9.27. The standard InChI is InChI=1S/C19H22FN3OS2.C2H6/c1-11-6-7-15(14(20)10-11)21-16-12(2)18(24)23-8-9-25-19(23)17(16)22-26-13-4-3-5-13;1-2/h6-7,10,13,21-22H,3-5,8-9H2,1-2H3;1-2H3. The number of aromatic nitrogens is 1. The Kier molecular flexibility index (Phi) is 6.99. The fourth-order valence-corrected chi connectivity index (χ4v) is 5.37. The third-order valence-electron chi connectivity index (χ3n) is 4.97. The topological polar surface area (TPSA) is 46.1 Å². The fraction of sp³-hybridized carbons (Fsp3) is 0.476. The lowest BCUT2D eigenvalue weighted by Gasteiger charge is -2.26. The molecule has 0 amide bonds. The Morgan fingerprint density at radius 3 is 2.61 bits per heavy atom. The van der Waals surface area contributed by atoms with Gasteiger partial charge in [-0.25, -0.2) is 4.39 Å². The summed E-state index contributed by atoms with van der Waals surface area (Å²) >= 11 is 3.40. The minimum atomic E-state index is -0.310. The SMILES string of the molecule is CC.Cc1ccc(Nc2c(NSC3CCC3)c3n(c(=O)c2C)CCS3)c(F)c1. The van der Waals surface area contributed by atoms with Crippen molar-refractivity contribution in [1.29, 1.82) is 0 Å². The van der Waals surface area contributed by atoms with Crippen LogP contribution in [0, 0.1) is 19.7 Å². The summed E-state index contributed by atoms with van der Waals surface area (Å²) in [4.78, 5) is 12.7. The van der Waals surface area contributed by atoms with E-state index in [1.807, 2.05) is 38.3 Å². The lowest BCUT2D eigenvalue weighted by molar-refractivity contribution is 0.523. The minimum Gasteiger partial charge on any atom is -0.351 e. The van der Waals surface area contributed by atoms with Gasteiger partial charge in [0.25, 0.3) is 5.56 Å². The van der Waals surface area contributed by atoms with E-state index in [9.17, 15) is 9.18 Å². The number of nitrogens with one attached hydrogen (secondary N) is 2. The minimum absolute atomic E-state index is 0.000728. The maximum Gasteiger partial charge on any atom is 0.256 e. The second-order valence-electron chi connectivity index (χ2n) is 6.87. The first kappa shape index (κ1) is 21.1. The molecule has 1 aliphatic carbocycles. The zero-order valence-corrected chi connectivity index (χ0v) is 18.5. The van der Waals surface area contributed by atoms with Crippen LogP contribution in [-0.4, -0.2) is 15.6 Å². The normalized spacial score (nSPS) is 15.3. The highest BCUT2D eigenvalue weighted by molar-refractivity contribution is 8.01. The zero-order valence-electron chi connectivity index (χ0n) is 16.9. The van der Waals surface area contributed by atoms with Crippen molar-refractivity contribution in [1.82, 2.24) is 4.57 Å². The van der Waals surface area contributed by atoms with Crippen LogP contribution in [0.15, 0.2) is 28.0 Å². The van der Waals surface area contributed by atoms with Gasteiger partial charge in [-0.1, -0.05) is 26.3 Å². The van der Waals surface area contributed by atoms with Gasteiger partial charge < -0.3 is 14.6 Å². The molecule has 2 aromatic rings. The molecule has 2 aliphatic rings. The Morgan fingerprint density at radius 2 is 1.96 bits per heavy atom. The van der Waals surface area contributed by atoms with Crippen molar-refractivity contribution in [2.75, 3.05) is 15.8 Å². The molecule has 0 atom stereocenters. The van der Waals surface area contributed by atoms with Crippen LogP contribution in [0.3, 0.4) is 0 Å². The van der Waals surface area contributed by atoms with Gasteiger partial charge in [-0.2, -0.15) is 0 Å². The third kappa shape index (κ3) is 4.20. The lowest BCUT2D eigenvalue weighted by atomic mass is 10.0. The molecule has 28 heavy (non-hydrogen) atoms. The number of benzene rings is 1. The third-order valence-corrected chi connectivity index (χ3v) is 7.18. The predicted molar refractivity (Wildman–Crippen MR) is 121 cm³/mol. The highest BCUT2D eigenvalue weighted by Crippen LogP contribution is 2.42. The highest BCUT2D eigenvalue weighted by Gasteiger charge is 2.26. The van der Waals surface area contributed by atoms with Gasteiger partial charge in [-0.15, -0.1) is 11.8 Å². The van der Waals surface area contributed by atoms with Crippen LogP contribution in [0.1, 0.15) is 44.2 Å². The van der Waals surface area contributed by atoms with Crippen LogP contribution < -0.4 is 15.6 Å². The van der Waals surface area contributed by atoms with E-state index in [1.54, 1.807) is 29.8 Å². The predicted octanol–water partition coefficient (Wildman–Crippen LogP) is 6.09. The molecule has 7 heteroatoms. The number of pyridine rings is 1. The summed E-state index contributed by atoms with van der Waals surface area (Å²) in [6.07, 6.45) is 3.71. The molecule has 1 fully saturated rings. The number of rotatable bonds is 5. The van der Waals surface area contributed by atoms with Gasteiger partial charge in [0.15, 0.2) is 0 Å². The maximum atomic E-state index is 14.4. The molecule has 0 radical (unpaired) electrons. The van der Waals surface area contributed by atoms with Gasteiger partial charge >= 0.3 is 0 Å². The van der Waals surface area contributed by atoms with Crippen LogP contribution >= 0.6 is 23.7 Å². The summed E-state index contributed by atoms with van der Waals surface area (Å²) in [5, 5.41) is 4.75. The second-order valence-corrected chi connectivity index (χ2v) is 9.06. The molecule has 1 aromatic carbocycles. The molecule has 1 saturated carbocycles. The summed E-state index contributed by atoms with van der Waals surface area (Å²) in [6, 6.07) is 5.10. The van der Waals surface area contributed by atoms with Gasteiger partial charge in [0, 0.05) is 23.1 Å². The maximum absolute atomic E-state index is 14.4. The molecule has 4 nitrogen and oxygen atoms in total. The van der Waals surface area contributed by atoms with Crippen molar-refractivity contribution >= 4 is 40.8 Å². The summed E-state index contributed by atoms with van der Waals surface area (Å²) in [6.45, 7) is 8.40. The molecule has 1 aromatic heterocycles. The van der Waals surface area contributed by atoms with Crippen molar-refractivity contribution in [2.24, 2.45) is 0 Å². The van der Waals surface area contributed by atoms with E-state index in [0.29, 0.717) is 22.2 Å². The summed E-state index contributed by atoms with van der Waals surface area (Å²) < 4.78 is 19.7. The zero-order chi connectivity index (χ0) is 20.3. The van der Waals surface area contributed by atoms with Crippen LogP contribution in [0.5, 0.6) is 0 Å². The summed E-state index contributed by atoms with van der Waals surface area (Å²) in [7, 11) is 0. The molecule has 1 aliphatic heterocycles. The Morgan fingerprint density at radius 1 is 1.21 bits per heavy atom. The average molecular weight is 422 g/mol. The summed E-state index contributed by atoms with van der Waals surface area (Å²) in [5.41, 5.74) is 3.47. The van der Waals surface area contributed by atoms with E-state index in [-0.39, 0.29) is 11.4 Å². The summed E-state index contributed by atoms with van der Waals surface area (Å²) in [5.74, 6) is 0.579. The Labute approximate surface area is 174 Å². The molecule has 0 bridgehead atoms.